The number of piperidine rings is 1. The Morgan fingerprint density at radius 1 is 1.17 bits per heavy atom. The maximum Gasteiger partial charge on any atom is 0.226 e. The highest BCUT2D eigenvalue weighted by atomic mass is 28.3. The third-order valence-electron chi connectivity index (χ3n) is 3.87. The molecule has 1 heterocycles. The van der Waals surface area contributed by atoms with Crippen LogP contribution in [-0.4, -0.2) is 40.9 Å². The van der Waals surface area contributed by atoms with E-state index in [2.05, 4.69) is 43.0 Å². The molecule has 1 aliphatic rings. The summed E-state index contributed by atoms with van der Waals surface area (Å²) in [7, 11) is -1.36. The first-order chi connectivity index (χ1) is 8.42. The Kier molecular flexibility index (Phi) is 7.13. The highest BCUT2D eigenvalue weighted by molar-refractivity contribution is 6.77. The zero-order valence-electron chi connectivity index (χ0n) is 13.2. The molecule has 1 radical (unpaired) electrons. The second-order valence-electron chi connectivity index (χ2n) is 7.01. The first kappa shape index (κ1) is 16.4. The Bertz CT molecular complexity index is 222. The van der Waals surface area contributed by atoms with Crippen LogP contribution in [0, 0.1) is 0 Å². The first-order valence-electron chi connectivity index (χ1n) is 7.79. The van der Waals surface area contributed by atoms with Gasteiger partial charge < -0.3 is 9.55 Å². The normalized spacial score (nSPS) is 20.3. The van der Waals surface area contributed by atoms with Crippen molar-refractivity contribution in [2.45, 2.75) is 77.3 Å². The van der Waals surface area contributed by atoms with Crippen molar-refractivity contribution in [3.63, 3.8) is 0 Å². The summed E-state index contributed by atoms with van der Waals surface area (Å²) in [5.41, 5.74) is 0. The van der Waals surface area contributed by atoms with E-state index in [9.17, 15) is 0 Å². The van der Waals surface area contributed by atoms with E-state index >= 15 is 0 Å². The zero-order chi connectivity index (χ0) is 13.6. The fraction of sp³-hybridized carbons (Fsp3) is 1.00. The fourth-order valence-corrected chi connectivity index (χ4v) is 8.58. The van der Waals surface area contributed by atoms with Crippen molar-refractivity contribution in [2.24, 2.45) is 0 Å². The van der Waals surface area contributed by atoms with Gasteiger partial charge in [-0.2, -0.15) is 0 Å². The average molecular weight is 286 g/mol. The van der Waals surface area contributed by atoms with Crippen LogP contribution in [0.3, 0.4) is 0 Å². The minimum Gasteiger partial charge on any atom is -0.323 e. The van der Waals surface area contributed by atoms with Crippen LogP contribution in [0.15, 0.2) is 0 Å². The predicted molar refractivity (Wildman–Crippen MR) is 87.0 cm³/mol. The summed E-state index contributed by atoms with van der Waals surface area (Å²) in [4.78, 5) is 3.96. The standard InChI is InChI=1S/C14H33N2Si2/c1-6-14(2)15-17(12-13-18(3,4)5)16-10-8-7-9-11-16/h14-15H,6-13H2,1-5H3. The Hall–Kier alpha value is 0.354. The Labute approximate surface area is 117 Å². The summed E-state index contributed by atoms with van der Waals surface area (Å²) in [6.45, 7) is 14.9. The van der Waals surface area contributed by atoms with Gasteiger partial charge in [0.15, 0.2) is 0 Å². The molecule has 4 heteroatoms. The predicted octanol–water partition coefficient (Wildman–Crippen LogP) is 3.69. The summed E-state index contributed by atoms with van der Waals surface area (Å²) >= 11 is 0. The van der Waals surface area contributed by atoms with Gasteiger partial charge in [0, 0.05) is 8.07 Å². The number of hydrogen-bond donors (Lipinski definition) is 1. The highest BCUT2D eigenvalue weighted by Crippen LogP contribution is 2.18. The molecule has 107 valence electrons. The van der Waals surface area contributed by atoms with Gasteiger partial charge in [0.05, 0.1) is 0 Å². The van der Waals surface area contributed by atoms with E-state index in [-0.39, 0.29) is 0 Å². The number of nitrogens with one attached hydrogen (secondary N) is 1. The Balaban J connectivity index is 2.50. The van der Waals surface area contributed by atoms with Crippen molar-refractivity contribution < 1.29 is 0 Å². The van der Waals surface area contributed by atoms with Crippen LogP contribution in [-0.2, 0) is 0 Å². The topological polar surface area (TPSA) is 15.3 Å². The van der Waals surface area contributed by atoms with Crippen molar-refractivity contribution in [3.8, 4) is 0 Å². The molecule has 1 aliphatic heterocycles. The number of nitrogens with zero attached hydrogens (tertiary/aromatic N) is 1. The minimum absolute atomic E-state index is 0.471. The van der Waals surface area contributed by atoms with Crippen LogP contribution < -0.4 is 4.98 Å². The number of hydrogen-bond acceptors (Lipinski definition) is 2. The monoisotopic (exact) mass is 285 g/mol. The maximum atomic E-state index is 3.96. The molecular weight excluding hydrogens is 252 g/mol. The Morgan fingerprint density at radius 3 is 2.28 bits per heavy atom. The van der Waals surface area contributed by atoms with Crippen molar-refractivity contribution in [1.82, 2.24) is 9.55 Å². The SMILES string of the molecule is CCC(C)N[Si](CC[Si](C)(C)C)N1CCCCC1. The molecule has 0 bridgehead atoms. The molecule has 1 rings (SSSR count). The molecule has 1 unspecified atom stereocenters. The summed E-state index contributed by atoms with van der Waals surface area (Å²) in [5.74, 6) is 0. The van der Waals surface area contributed by atoms with Gasteiger partial charge in [-0.25, -0.2) is 0 Å². The molecule has 0 saturated carbocycles. The molecule has 18 heavy (non-hydrogen) atoms. The van der Waals surface area contributed by atoms with Crippen molar-refractivity contribution in [2.75, 3.05) is 13.1 Å². The molecular formula is C14H33N2Si2. The molecule has 1 N–H and O–H groups in total. The minimum atomic E-state index is -0.886. The molecule has 0 aliphatic carbocycles. The van der Waals surface area contributed by atoms with Gasteiger partial charge in [-0.3, -0.25) is 0 Å². The molecule has 0 aromatic heterocycles. The van der Waals surface area contributed by atoms with Crippen LogP contribution in [0.25, 0.3) is 0 Å². The number of rotatable bonds is 7. The molecule has 1 atom stereocenters. The van der Waals surface area contributed by atoms with Crippen molar-refractivity contribution >= 4 is 17.2 Å². The van der Waals surface area contributed by atoms with Gasteiger partial charge in [-0.05, 0) is 44.4 Å². The summed E-state index contributed by atoms with van der Waals surface area (Å²) in [5, 5.41) is 0. The van der Waals surface area contributed by atoms with Gasteiger partial charge in [0.1, 0.15) is 0 Å². The molecule has 2 nitrogen and oxygen atoms in total. The molecule has 0 amide bonds. The quantitative estimate of drug-likeness (QED) is 0.718. The van der Waals surface area contributed by atoms with Crippen LogP contribution in [0.2, 0.25) is 31.7 Å². The summed E-state index contributed by atoms with van der Waals surface area (Å²) in [6, 6.07) is 3.63. The second kappa shape index (κ2) is 7.83. The van der Waals surface area contributed by atoms with E-state index < -0.39 is 17.2 Å². The lowest BCUT2D eigenvalue weighted by molar-refractivity contribution is 0.341. The lowest BCUT2D eigenvalue weighted by atomic mass is 10.2. The van der Waals surface area contributed by atoms with Crippen molar-refractivity contribution in [1.29, 1.82) is 0 Å². The first-order valence-corrected chi connectivity index (χ1v) is 13.2. The largest absolute Gasteiger partial charge is 0.323 e. The lowest BCUT2D eigenvalue weighted by Gasteiger charge is -2.35. The fourth-order valence-electron chi connectivity index (χ4n) is 2.37. The van der Waals surface area contributed by atoms with Crippen LogP contribution in [0.4, 0.5) is 0 Å². The smallest absolute Gasteiger partial charge is 0.226 e. The van der Waals surface area contributed by atoms with E-state index in [0.29, 0.717) is 6.04 Å². The van der Waals surface area contributed by atoms with E-state index in [1.807, 2.05) is 0 Å². The van der Waals surface area contributed by atoms with Crippen LogP contribution in [0.1, 0.15) is 39.5 Å². The Morgan fingerprint density at radius 2 is 1.78 bits per heavy atom. The van der Waals surface area contributed by atoms with Crippen LogP contribution >= 0.6 is 0 Å². The third-order valence-corrected chi connectivity index (χ3v) is 8.89. The van der Waals surface area contributed by atoms with Gasteiger partial charge in [0.25, 0.3) is 0 Å². The van der Waals surface area contributed by atoms with Crippen molar-refractivity contribution in [3.05, 3.63) is 0 Å². The molecule has 1 fully saturated rings. The zero-order valence-corrected chi connectivity index (χ0v) is 15.2. The molecule has 0 spiro atoms. The van der Waals surface area contributed by atoms with Gasteiger partial charge in [-0.15, -0.1) is 0 Å². The van der Waals surface area contributed by atoms with E-state index in [0.717, 1.165) is 0 Å². The molecule has 0 aromatic rings. The van der Waals surface area contributed by atoms with Gasteiger partial charge >= 0.3 is 0 Å². The maximum absolute atomic E-state index is 3.96. The highest BCUT2D eigenvalue weighted by Gasteiger charge is 2.26. The molecule has 1 saturated heterocycles. The van der Waals surface area contributed by atoms with Crippen LogP contribution in [0.5, 0.6) is 0 Å². The lowest BCUT2D eigenvalue weighted by Crippen LogP contribution is -2.55. The van der Waals surface area contributed by atoms with E-state index in [4.69, 9.17) is 0 Å². The van der Waals surface area contributed by atoms with E-state index in [1.54, 1.807) is 0 Å². The van der Waals surface area contributed by atoms with Gasteiger partial charge in [-0.1, -0.05) is 46.0 Å². The third kappa shape index (κ3) is 6.50. The van der Waals surface area contributed by atoms with Gasteiger partial charge in [0.2, 0.25) is 9.12 Å². The van der Waals surface area contributed by atoms with E-state index in [1.165, 1.54) is 50.9 Å². The molecule has 0 aromatic carbocycles. The summed E-state index contributed by atoms with van der Waals surface area (Å²) < 4.78 is 2.81. The summed E-state index contributed by atoms with van der Waals surface area (Å²) in [6.07, 6.45) is 5.55. The average Bonchev–Trinajstić information content (AvgIpc) is 2.34. The second-order valence-corrected chi connectivity index (χ2v) is 14.9.